The topological polar surface area (TPSA) is 0 Å². The molecular weight excluding hydrogens is 649 g/mol. The van der Waals surface area contributed by atoms with Crippen molar-refractivity contribution >= 4 is 44.8 Å². The van der Waals surface area contributed by atoms with Crippen molar-refractivity contribution < 1.29 is 0 Å². The summed E-state index contributed by atoms with van der Waals surface area (Å²) < 4.78 is 0. The molecule has 0 aliphatic carbocycles. The van der Waals surface area contributed by atoms with Gasteiger partial charge in [0.15, 0.2) is 0 Å². The summed E-state index contributed by atoms with van der Waals surface area (Å²) in [5.41, 5.74) is 14.5. The molecule has 9 aromatic rings. The van der Waals surface area contributed by atoms with E-state index in [0.717, 1.165) is 0 Å². The minimum Gasteiger partial charge on any atom is -0.0622 e. The van der Waals surface area contributed by atoms with Crippen molar-refractivity contribution in [2.75, 3.05) is 0 Å². The zero-order valence-electron chi connectivity index (χ0n) is 29.9. The van der Waals surface area contributed by atoms with Gasteiger partial charge in [0.2, 0.25) is 0 Å². The molecule has 0 aliphatic heterocycles. The van der Waals surface area contributed by atoms with E-state index in [-0.39, 0.29) is 0 Å². The Hall–Kier alpha value is -7.02. The average molecular weight is 687 g/mol. The third-order valence-electron chi connectivity index (χ3n) is 10.2. The van der Waals surface area contributed by atoms with Crippen molar-refractivity contribution in [1.82, 2.24) is 0 Å². The van der Waals surface area contributed by atoms with Crippen LogP contribution in [-0.2, 0) is 0 Å². The van der Waals surface area contributed by atoms with Crippen LogP contribution in [0.2, 0.25) is 0 Å². The largest absolute Gasteiger partial charge is 0.0622 e. The van der Waals surface area contributed by atoms with Crippen molar-refractivity contribution in [1.29, 1.82) is 0 Å². The molecule has 0 saturated carbocycles. The van der Waals surface area contributed by atoms with Gasteiger partial charge in [-0.05, 0) is 113 Å². The molecule has 0 N–H and O–H groups in total. The third-order valence-corrected chi connectivity index (χ3v) is 10.2. The molecule has 0 amide bonds. The lowest BCUT2D eigenvalue weighted by atomic mass is 9.85. The van der Waals surface area contributed by atoms with Crippen LogP contribution >= 0.6 is 0 Å². The predicted octanol–water partition coefficient (Wildman–Crippen LogP) is 14.5. The summed E-state index contributed by atoms with van der Waals surface area (Å²) in [4.78, 5) is 0. The van der Waals surface area contributed by atoms with Crippen LogP contribution in [-0.4, -0.2) is 0 Å². The van der Waals surface area contributed by atoms with Crippen molar-refractivity contribution in [2.45, 2.75) is 0 Å². The molecule has 9 aromatic carbocycles. The first kappa shape index (κ1) is 32.9. The van der Waals surface area contributed by atoms with E-state index in [1.807, 2.05) is 0 Å². The van der Waals surface area contributed by atoms with Gasteiger partial charge >= 0.3 is 0 Å². The Kier molecular flexibility index (Phi) is 9.07. The second-order valence-electron chi connectivity index (χ2n) is 13.7. The minimum atomic E-state index is 1.17. The molecule has 0 aromatic heterocycles. The zero-order chi connectivity index (χ0) is 36.1. The summed E-state index contributed by atoms with van der Waals surface area (Å²) in [6.45, 7) is 0. The zero-order valence-corrected chi connectivity index (χ0v) is 29.9. The summed E-state index contributed by atoms with van der Waals surface area (Å²) in [7, 11) is 0. The summed E-state index contributed by atoms with van der Waals surface area (Å²) in [5, 5.41) is 4.98. The molecule has 0 heteroatoms. The Morgan fingerprint density at radius 1 is 0.259 bits per heavy atom. The lowest BCUT2D eigenvalue weighted by Crippen LogP contribution is -1.92. The Bertz CT molecular complexity index is 2440. The minimum absolute atomic E-state index is 1.17. The Balaban J connectivity index is 1.21. The highest BCUT2D eigenvalue weighted by molar-refractivity contribution is 6.21. The molecule has 0 spiro atoms. The first-order valence-corrected chi connectivity index (χ1v) is 18.6. The van der Waals surface area contributed by atoms with Crippen LogP contribution in [0.3, 0.4) is 0 Å². The van der Waals surface area contributed by atoms with E-state index in [0.29, 0.717) is 0 Å². The highest BCUT2D eigenvalue weighted by atomic mass is 14.2. The summed E-state index contributed by atoms with van der Waals surface area (Å²) in [6, 6.07) is 78.6. The molecule has 0 fully saturated rings. The second-order valence-corrected chi connectivity index (χ2v) is 13.7. The SMILES string of the molecule is C(=C(c1ccccc1)c1ccccc1)c1cccc(-c2c3ccccc3c(-c3cccc(C=C(c4ccccc4)c4ccccc4)c3)c3ccccc23)c1. The quantitative estimate of drug-likeness (QED) is 0.110. The summed E-state index contributed by atoms with van der Waals surface area (Å²) >= 11 is 0. The van der Waals surface area contributed by atoms with Gasteiger partial charge in [-0.15, -0.1) is 0 Å². The average Bonchev–Trinajstić information content (AvgIpc) is 3.25. The molecule has 0 unspecified atom stereocenters. The standard InChI is InChI=1S/C54H38/c1-5-21-41(22-6-1)51(42-23-7-2-8-24-42)37-39-19-17-29-45(35-39)53-47-31-13-15-33-49(47)54(50-34-16-14-32-48(50)53)46-30-18-20-40(36-46)38-52(43-25-9-3-10-26-43)44-27-11-4-12-28-44/h1-38H. The predicted molar refractivity (Wildman–Crippen MR) is 232 cm³/mol. The summed E-state index contributed by atoms with van der Waals surface area (Å²) in [6.07, 6.45) is 4.65. The molecule has 9 rings (SSSR count). The van der Waals surface area contributed by atoms with Crippen molar-refractivity contribution in [3.63, 3.8) is 0 Å². The molecule has 54 heavy (non-hydrogen) atoms. The fourth-order valence-electron chi connectivity index (χ4n) is 7.79. The van der Waals surface area contributed by atoms with Crippen LogP contribution < -0.4 is 0 Å². The van der Waals surface area contributed by atoms with E-state index < -0.39 is 0 Å². The van der Waals surface area contributed by atoms with Crippen molar-refractivity contribution in [3.8, 4) is 22.3 Å². The number of hydrogen-bond donors (Lipinski definition) is 0. The maximum Gasteiger partial charge on any atom is -0.00262 e. The smallest absolute Gasteiger partial charge is 0.00262 e. The highest BCUT2D eigenvalue weighted by Gasteiger charge is 2.17. The van der Waals surface area contributed by atoms with Crippen LogP contribution in [0, 0.1) is 0 Å². The fourth-order valence-corrected chi connectivity index (χ4v) is 7.79. The lowest BCUT2D eigenvalue weighted by Gasteiger charge is -2.18. The molecule has 0 bridgehead atoms. The van der Waals surface area contributed by atoms with E-state index in [9.17, 15) is 0 Å². The van der Waals surface area contributed by atoms with E-state index in [2.05, 4.69) is 231 Å². The van der Waals surface area contributed by atoms with Gasteiger partial charge < -0.3 is 0 Å². The lowest BCUT2D eigenvalue weighted by molar-refractivity contribution is 1.55. The van der Waals surface area contributed by atoms with Crippen molar-refractivity contribution in [2.24, 2.45) is 0 Å². The first-order valence-electron chi connectivity index (χ1n) is 18.6. The Morgan fingerprint density at radius 2 is 0.537 bits per heavy atom. The molecular formula is C54H38. The van der Waals surface area contributed by atoms with E-state index in [1.54, 1.807) is 0 Å². The molecule has 0 heterocycles. The first-order chi connectivity index (χ1) is 26.8. The number of benzene rings is 9. The Labute approximate surface area is 317 Å². The monoisotopic (exact) mass is 686 g/mol. The van der Waals surface area contributed by atoms with Gasteiger partial charge in [-0.1, -0.05) is 206 Å². The van der Waals surface area contributed by atoms with Gasteiger partial charge in [-0.2, -0.15) is 0 Å². The van der Waals surface area contributed by atoms with Gasteiger partial charge in [0, 0.05) is 0 Å². The maximum absolute atomic E-state index is 2.35. The number of fused-ring (bicyclic) bond motifs is 2. The van der Waals surface area contributed by atoms with E-state index >= 15 is 0 Å². The van der Waals surface area contributed by atoms with Crippen LogP contribution in [0.1, 0.15) is 33.4 Å². The molecule has 0 aliphatic rings. The van der Waals surface area contributed by atoms with Crippen LogP contribution in [0.4, 0.5) is 0 Å². The van der Waals surface area contributed by atoms with Crippen LogP contribution in [0.25, 0.3) is 67.1 Å². The normalized spacial score (nSPS) is 11.0. The maximum atomic E-state index is 2.35. The van der Waals surface area contributed by atoms with Gasteiger partial charge in [-0.3, -0.25) is 0 Å². The van der Waals surface area contributed by atoms with Crippen LogP contribution in [0.5, 0.6) is 0 Å². The van der Waals surface area contributed by atoms with Gasteiger partial charge in [0.25, 0.3) is 0 Å². The molecule has 0 nitrogen and oxygen atoms in total. The Morgan fingerprint density at radius 3 is 0.833 bits per heavy atom. The number of rotatable bonds is 8. The van der Waals surface area contributed by atoms with Gasteiger partial charge in [0.1, 0.15) is 0 Å². The molecule has 0 saturated heterocycles. The van der Waals surface area contributed by atoms with Gasteiger partial charge in [-0.25, -0.2) is 0 Å². The summed E-state index contributed by atoms with van der Waals surface area (Å²) in [5.74, 6) is 0. The van der Waals surface area contributed by atoms with Crippen molar-refractivity contribution in [3.05, 3.63) is 252 Å². The van der Waals surface area contributed by atoms with Crippen LogP contribution in [0.15, 0.2) is 218 Å². The fraction of sp³-hybridized carbons (Fsp3) is 0. The third kappa shape index (κ3) is 6.58. The number of hydrogen-bond acceptors (Lipinski definition) is 0. The van der Waals surface area contributed by atoms with E-state index in [1.165, 1.54) is 88.3 Å². The molecule has 0 radical (unpaired) electrons. The van der Waals surface area contributed by atoms with E-state index in [4.69, 9.17) is 0 Å². The van der Waals surface area contributed by atoms with Gasteiger partial charge in [0.05, 0.1) is 0 Å². The highest BCUT2D eigenvalue weighted by Crippen LogP contribution is 2.44. The second kappa shape index (κ2) is 14.9. The molecule has 254 valence electrons. The molecule has 0 atom stereocenters.